The van der Waals surface area contributed by atoms with Gasteiger partial charge < -0.3 is 10.1 Å². The van der Waals surface area contributed by atoms with Gasteiger partial charge in [0, 0.05) is 13.1 Å². The van der Waals surface area contributed by atoms with Crippen molar-refractivity contribution in [1.29, 1.82) is 0 Å². The van der Waals surface area contributed by atoms with Crippen LogP contribution in [0.4, 0.5) is 0 Å². The number of nitrogens with one attached hydrogen (secondary N) is 1. The summed E-state index contributed by atoms with van der Waals surface area (Å²) in [5.41, 5.74) is 1.34. The van der Waals surface area contributed by atoms with Gasteiger partial charge in [-0.05, 0) is 38.7 Å². The van der Waals surface area contributed by atoms with Gasteiger partial charge in [0.05, 0.1) is 11.2 Å². The van der Waals surface area contributed by atoms with Gasteiger partial charge in [-0.3, -0.25) is 0 Å². The van der Waals surface area contributed by atoms with Gasteiger partial charge in [0.25, 0.3) is 0 Å². The lowest BCUT2D eigenvalue weighted by Crippen LogP contribution is -2.57. The van der Waals surface area contributed by atoms with Crippen LogP contribution in [0, 0.1) is 0 Å². The van der Waals surface area contributed by atoms with Gasteiger partial charge in [0.15, 0.2) is 0 Å². The van der Waals surface area contributed by atoms with E-state index in [-0.39, 0.29) is 11.2 Å². The second-order valence-corrected chi connectivity index (χ2v) is 5.94. The minimum atomic E-state index is -0.0428. The van der Waals surface area contributed by atoms with Gasteiger partial charge in [-0.25, -0.2) is 0 Å². The van der Waals surface area contributed by atoms with E-state index in [0.29, 0.717) is 0 Å². The predicted molar refractivity (Wildman–Crippen MR) is 75.8 cm³/mol. The van der Waals surface area contributed by atoms with Crippen LogP contribution in [0.3, 0.4) is 0 Å². The van der Waals surface area contributed by atoms with Crippen molar-refractivity contribution in [3.05, 3.63) is 35.9 Å². The third-order valence-corrected chi connectivity index (χ3v) is 4.02. The minimum absolute atomic E-state index is 0.0102. The molecule has 1 aliphatic heterocycles. The van der Waals surface area contributed by atoms with Crippen molar-refractivity contribution in [1.82, 2.24) is 5.32 Å². The van der Waals surface area contributed by atoms with Crippen LogP contribution >= 0.6 is 0 Å². The molecule has 1 aliphatic rings. The van der Waals surface area contributed by atoms with E-state index in [1.54, 1.807) is 0 Å². The monoisotopic (exact) mass is 247 g/mol. The Morgan fingerprint density at radius 1 is 1.11 bits per heavy atom. The van der Waals surface area contributed by atoms with Crippen molar-refractivity contribution in [2.45, 2.75) is 51.2 Å². The molecule has 0 saturated carbocycles. The van der Waals surface area contributed by atoms with Gasteiger partial charge >= 0.3 is 0 Å². The molecule has 1 fully saturated rings. The zero-order valence-corrected chi connectivity index (χ0v) is 11.8. The van der Waals surface area contributed by atoms with Gasteiger partial charge in [0.1, 0.15) is 0 Å². The maximum Gasteiger partial charge on any atom is 0.0789 e. The summed E-state index contributed by atoms with van der Waals surface area (Å²) in [6.07, 6.45) is 3.21. The summed E-state index contributed by atoms with van der Waals surface area (Å²) in [7, 11) is 0. The van der Waals surface area contributed by atoms with E-state index < -0.39 is 0 Å². The van der Waals surface area contributed by atoms with Crippen molar-refractivity contribution >= 4 is 0 Å². The van der Waals surface area contributed by atoms with Crippen LogP contribution < -0.4 is 5.32 Å². The van der Waals surface area contributed by atoms with Crippen LogP contribution in [-0.4, -0.2) is 24.3 Å². The van der Waals surface area contributed by atoms with Gasteiger partial charge in [-0.15, -0.1) is 0 Å². The molecule has 100 valence electrons. The van der Waals surface area contributed by atoms with Crippen LogP contribution in [0.15, 0.2) is 30.3 Å². The Labute approximate surface area is 111 Å². The van der Waals surface area contributed by atoms with E-state index in [1.807, 2.05) is 0 Å². The lowest BCUT2D eigenvalue weighted by molar-refractivity contribution is -0.165. The fraction of sp³-hybridized carbons (Fsp3) is 0.625. The smallest absolute Gasteiger partial charge is 0.0789 e. The first-order valence-corrected chi connectivity index (χ1v) is 7.00. The summed E-state index contributed by atoms with van der Waals surface area (Å²) < 4.78 is 6.37. The Kier molecular flexibility index (Phi) is 4.08. The van der Waals surface area contributed by atoms with Crippen molar-refractivity contribution < 1.29 is 4.74 Å². The summed E-state index contributed by atoms with van der Waals surface area (Å²) in [5, 5.41) is 3.53. The molecule has 1 heterocycles. The topological polar surface area (TPSA) is 21.3 Å². The Hall–Kier alpha value is -0.860. The second kappa shape index (κ2) is 5.41. The highest BCUT2D eigenvalue weighted by molar-refractivity contribution is 5.15. The molecular formula is C16H25NO. The molecule has 0 radical (unpaired) electrons. The van der Waals surface area contributed by atoms with Gasteiger partial charge in [-0.2, -0.15) is 0 Å². The van der Waals surface area contributed by atoms with E-state index in [0.717, 1.165) is 32.4 Å². The highest BCUT2D eigenvalue weighted by Crippen LogP contribution is 2.30. The lowest BCUT2D eigenvalue weighted by Gasteiger charge is -2.45. The number of benzene rings is 1. The Bertz CT molecular complexity index is 378. The molecule has 2 heteroatoms. The normalized spacial score (nSPS) is 32.4. The molecule has 0 aliphatic carbocycles. The van der Waals surface area contributed by atoms with Gasteiger partial charge in [-0.1, -0.05) is 37.3 Å². The standard InChI is InChI=1S/C16H25NO/c1-4-15(2)12-17-13-16(3,18-15)11-10-14-8-6-5-7-9-14/h5-9,17H,4,10-13H2,1-3H3. The van der Waals surface area contributed by atoms with E-state index in [1.165, 1.54) is 5.56 Å². The molecule has 1 aromatic carbocycles. The maximum absolute atomic E-state index is 6.37. The maximum atomic E-state index is 6.37. The molecule has 18 heavy (non-hydrogen) atoms. The molecule has 1 saturated heterocycles. The van der Waals surface area contributed by atoms with E-state index in [9.17, 15) is 0 Å². The molecule has 2 rings (SSSR count). The Morgan fingerprint density at radius 2 is 1.78 bits per heavy atom. The third-order valence-electron chi connectivity index (χ3n) is 4.02. The summed E-state index contributed by atoms with van der Waals surface area (Å²) in [4.78, 5) is 0. The van der Waals surface area contributed by atoms with E-state index in [2.05, 4.69) is 56.4 Å². The Balaban J connectivity index is 1.95. The summed E-state index contributed by atoms with van der Waals surface area (Å²) in [6.45, 7) is 8.56. The minimum Gasteiger partial charge on any atom is -0.366 e. The molecule has 2 unspecified atom stereocenters. The fourth-order valence-electron chi connectivity index (χ4n) is 2.65. The molecule has 0 aromatic heterocycles. The van der Waals surface area contributed by atoms with Gasteiger partial charge in [0.2, 0.25) is 0 Å². The number of ether oxygens (including phenoxy) is 1. The molecule has 2 nitrogen and oxygen atoms in total. The predicted octanol–water partition coefficient (Wildman–Crippen LogP) is 3.17. The number of rotatable bonds is 4. The zero-order chi connectivity index (χ0) is 13.1. The molecule has 1 N–H and O–H groups in total. The number of hydrogen-bond acceptors (Lipinski definition) is 2. The highest BCUT2D eigenvalue weighted by atomic mass is 16.5. The largest absolute Gasteiger partial charge is 0.366 e. The summed E-state index contributed by atoms with van der Waals surface area (Å²) in [6, 6.07) is 10.7. The second-order valence-electron chi connectivity index (χ2n) is 5.94. The third kappa shape index (κ3) is 3.33. The van der Waals surface area contributed by atoms with Crippen LogP contribution in [0.25, 0.3) is 0 Å². The number of morpholine rings is 1. The first kappa shape index (κ1) is 13.6. The molecule has 0 amide bonds. The molecular weight excluding hydrogens is 222 g/mol. The molecule has 1 aromatic rings. The molecule has 0 spiro atoms. The van der Waals surface area contributed by atoms with Crippen molar-refractivity contribution in [2.24, 2.45) is 0 Å². The van der Waals surface area contributed by atoms with Crippen molar-refractivity contribution in [3.63, 3.8) is 0 Å². The molecule has 2 atom stereocenters. The summed E-state index contributed by atoms with van der Waals surface area (Å²) in [5.74, 6) is 0. The van der Waals surface area contributed by atoms with Crippen LogP contribution in [0.5, 0.6) is 0 Å². The zero-order valence-electron chi connectivity index (χ0n) is 11.8. The van der Waals surface area contributed by atoms with Crippen LogP contribution in [0.1, 0.15) is 39.2 Å². The number of aryl methyl sites for hydroxylation is 1. The fourth-order valence-corrected chi connectivity index (χ4v) is 2.65. The summed E-state index contributed by atoms with van der Waals surface area (Å²) >= 11 is 0. The SMILES string of the molecule is CCC1(C)CNCC(C)(CCc2ccccc2)O1. The van der Waals surface area contributed by atoms with Crippen molar-refractivity contribution in [2.75, 3.05) is 13.1 Å². The molecule has 0 bridgehead atoms. The quantitative estimate of drug-likeness (QED) is 0.882. The number of hydrogen-bond donors (Lipinski definition) is 1. The average molecular weight is 247 g/mol. The first-order chi connectivity index (χ1) is 8.55. The average Bonchev–Trinajstić information content (AvgIpc) is 2.38. The Morgan fingerprint density at radius 3 is 2.44 bits per heavy atom. The van der Waals surface area contributed by atoms with E-state index in [4.69, 9.17) is 4.74 Å². The first-order valence-electron chi connectivity index (χ1n) is 7.00. The lowest BCUT2D eigenvalue weighted by atomic mass is 9.91. The van der Waals surface area contributed by atoms with Crippen LogP contribution in [0.2, 0.25) is 0 Å². The van der Waals surface area contributed by atoms with E-state index >= 15 is 0 Å². The highest BCUT2D eigenvalue weighted by Gasteiger charge is 2.38. The van der Waals surface area contributed by atoms with Crippen LogP contribution in [-0.2, 0) is 11.2 Å². The van der Waals surface area contributed by atoms with Crippen molar-refractivity contribution in [3.8, 4) is 0 Å².